The first-order valence-electron chi connectivity index (χ1n) is 10.3. The lowest BCUT2D eigenvalue weighted by atomic mass is 9.92. The third-order valence-corrected chi connectivity index (χ3v) is 5.62. The van der Waals surface area contributed by atoms with Gasteiger partial charge in [-0.15, -0.1) is 5.12 Å². The molecule has 9 nitrogen and oxygen atoms in total. The van der Waals surface area contributed by atoms with Gasteiger partial charge in [-0.05, 0) is 43.9 Å². The molecule has 2 aliphatic rings. The molecular formula is C21H25FN4O5. The van der Waals surface area contributed by atoms with Gasteiger partial charge in [-0.1, -0.05) is 16.6 Å². The largest absolute Gasteiger partial charge is 0.441 e. The average Bonchev–Trinajstić information content (AvgIpc) is 3.37. The molecule has 2 N–H and O–H groups in total. The van der Waals surface area contributed by atoms with E-state index in [2.05, 4.69) is 5.10 Å². The molecule has 2 amide bonds. The minimum absolute atomic E-state index is 0.00417. The van der Waals surface area contributed by atoms with Gasteiger partial charge in [0.05, 0.1) is 24.4 Å². The molecule has 166 valence electrons. The number of aromatic nitrogens is 2. The topological polar surface area (TPSA) is 109 Å². The molecule has 2 aliphatic heterocycles. The number of hydrogen-bond donors (Lipinski definition) is 1. The van der Waals surface area contributed by atoms with Gasteiger partial charge >= 0.3 is 6.09 Å². The Morgan fingerprint density at radius 1 is 1.35 bits per heavy atom. The first kappa shape index (κ1) is 21.3. The fourth-order valence-electron chi connectivity index (χ4n) is 3.76. The van der Waals surface area contributed by atoms with Crippen molar-refractivity contribution in [2.45, 2.75) is 51.2 Å². The minimum atomic E-state index is -1.13. The third kappa shape index (κ3) is 4.54. The fraction of sp³-hybridized carbons (Fsp3) is 0.476. The lowest BCUT2D eigenvalue weighted by Gasteiger charge is -2.22. The molecule has 2 fully saturated rings. The molecule has 4 unspecified atom stereocenters. The van der Waals surface area contributed by atoms with Crippen LogP contribution >= 0.6 is 0 Å². The SMILES string of the molecule is CC(C(N)=O)C1OC(=O)N(F)C1c1ccc(-n2cc(COC3CCCCO3)cn2)cc1. The van der Waals surface area contributed by atoms with Crippen LogP contribution in [0.2, 0.25) is 0 Å². The van der Waals surface area contributed by atoms with Gasteiger partial charge in [0, 0.05) is 18.4 Å². The highest BCUT2D eigenvalue weighted by Gasteiger charge is 2.47. The lowest BCUT2D eigenvalue weighted by molar-refractivity contribution is -0.168. The van der Waals surface area contributed by atoms with E-state index < -0.39 is 30.1 Å². The standard InChI is InChI=1S/C21H25FN4O5/c1-13(20(23)27)19-18(26(22)21(28)31-19)15-5-7-16(8-6-15)25-11-14(10-24-25)12-30-17-4-2-3-9-29-17/h5-8,10-11,13,17-19H,2-4,9,12H2,1H3,(H2,23,27). The second kappa shape index (κ2) is 9.03. The summed E-state index contributed by atoms with van der Waals surface area (Å²) in [7, 11) is 0. The zero-order valence-electron chi connectivity index (χ0n) is 17.1. The molecule has 31 heavy (non-hydrogen) atoms. The van der Waals surface area contributed by atoms with Gasteiger partial charge in [0.15, 0.2) is 6.29 Å². The smallest absolute Gasteiger partial charge is 0.439 e. The number of halogens is 1. The second-order valence-corrected chi connectivity index (χ2v) is 7.79. The van der Waals surface area contributed by atoms with E-state index in [0.717, 1.165) is 37.1 Å². The number of rotatable bonds is 7. The summed E-state index contributed by atoms with van der Waals surface area (Å²) in [5.41, 5.74) is 7.46. The number of nitrogens with zero attached hydrogens (tertiary/aromatic N) is 3. The normalized spacial score (nSPS) is 24.8. The molecule has 0 bridgehead atoms. The minimum Gasteiger partial charge on any atom is -0.441 e. The van der Waals surface area contributed by atoms with Crippen molar-refractivity contribution < 1.29 is 28.3 Å². The Bertz CT molecular complexity index is 928. The van der Waals surface area contributed by atoms with Crippen LogP contribution in [-0.2, 0) is 25.6 Å². The molecule has 4 atom stereocenters. The molecule has 1 aromatic heterocycles. The Morgan fingerprint density at radius 3 is 2.81 bits per heavy atom. The number of primary amides is 1. The van der Waals surface area contributed by atoms with Gasteiger partial charge in [0.1, 0.15) is 12.1 Å². The van der Waals surface area contributed by atoms with Crippen molar-refractivity contribution in [3.63, 3.8) is 0 Å². The van der Waals surface area contributed by atoms with Crippen LogP contribution < -0.4 is 5.73 Å². The predicted molar refractivity (Wildman–Crippen MR) is 106 cm³/mol. The molecule has 0 saturated carbocycles. The lowest BCUT2D eigenvalue weighted by Crippen LogP contribution is -2.35. The van der Waals surface area contributed by atoms with Gasteiger partial charge in [-0.3, -0.25) is 4.79 Å². The zero-order valence-corrected chi connectivity index (χ0v) is 17.1. The number of carbonyl (C=O) groups excluding carboxylic acids is 2. The van der Waals surface area contributed by atoms with Crippen molar-refractivity contribution in [1.82, 2.24) is 14.9 Å². The van der Waals surface area contributed by atoms with Gasteiger partial charge in [-0.2, -0.15) is 5.10 Å². The summed E-state index contributed by atoms with van der Waals surface area (Å²) in [4.78, 5) is 23.2. The van der Waals surface area contributed by atoms with Crippen molar-refractivity contribution in [2.24, 2.45) is 11.7 Å². The number of nitrogens with two attached hydrogens (primary N) is 1. The summed E-state index contributed by atoms with van der Waals surface area (Å²) in [6.07, 6.45) is 4.31. The molecule has 3 heterocycles. The highest BCUT2D eigenvalue weighted by molar-refractivity contribution is 5.79. The predicted octanol–water partition coefficient (Wildman–Crippen LogP) is 2.78. The van der Waals surface area contributed by atoms with Crippen LogP contribution in [0.15, 0.2) is 36.7 Å². The highest BCUT2D eigenvalue weighted by atomic mass is 19.2. The Hall–Kier alpha value is -2.98. The van der Waals surface area contributed by atoms with Crippen molar-refractivity contribution in [3.05, 3.63) is 47.8 Å². The van der Waals surface area contributed by atoms with Crippen LogP contribution in [0.1, 0.15) is 43.4 Å². The van der Waals surface area contributed by atoms with E-state index in [4.69, 9.17) is 19.9 Å². The molecule has 0 spiro atoms. The van der Waals surface area contributed by atoms with Crippen LogP contribution in [0.5, 0.6) is 0 Å². The van der Waals surface area contributed by atoms with Gasteiger partial charge in [-0.25, -0.2) is 9.48 Å². The Morgan fingerprint density at radius 2 is 2.13 bits per heavy atom. The first-order valence-corrected chi connectivity index (χ1v) is 10.3. The summed E-state index contributed by atoms with van der Waals surface area (Å²) in [6, 6.07) is 5.78. The number of ether oxygens (including phenoxy) is 3. The molecular weight excluding hydrogens is 407 g/mol. The van der Waals surface area contributed by atoms with Crippen molar-refractivity contribution >= 4 is 12.0 Å². The van der Waals surface area contributed by atoms with Crippen LogP contribution in [-0.4, -0.2) is 45.9 Å². The van der Waals surface area contributed by atoms with E-state index in [1.807, 2.05) is 6.20 Å². The van der Waals surface area contributed by atoms with Gasteiger partial charge in [0.2, 0.25) is 5.91 Å². The molecule has 10 heteroatoms. The first-order chi connectivity index (χ1) is 14.9. The maximum atomic E-state index is 14.4. The maximum Gasteiger partial charge on any atom is 0.439 e. The summed E-state index contributed by atoms with van der Waals surface area (Å²) in [5, 5.41) is 4.34. The Labute approximate surface area is 178 Å². The third-order valence-electron chi connectivity index (χ3n) is 5.62. The second-order valence-electron chi connectivity index (χ2n) is 7.79. The van der Waals surface area contributed by atoms with Gasteiger partial charge < -0.3 is 19.9 Å². The van der Waals surface area contributed by atoms with E-state index in [0.29, 0.717) is 12.2 Å². The van der Waals surface area contributed by atoms with Gasteiger partial charge in [0.25, 0.3) is 0 Å². The maximum absolute atomic E-state index is 14.4. The van der Waals surface area contributed by atoms with Crippen LogP contribution in [0.25, 0.3) is 5.69 Å². The van der Waals surface area contributed by atoms with Crippen molar-refractivity contribution in [2.75, 3.05) is 6.61 Å². The van der Waals surface area contributed by atoms with E-state index >= 15 is 0 Å². The van der Waals surface area contributed by atoms with Crippen molar-refractivity contribution in [3.8, 4) is 5.69 Å². The van der Waals surface area contributed by atoms with E-state index in [1.54, 1.807) is 35.1 Å². The molecule has 4 rings (SSSR count). The molecule has 2 saturated heterocycles. The number of amides is 2. The van der Waals surface area contributed by atoms with E-state index in [9.17, 15) is 14.1 Å². The average molecular weight is 432 g/mol. The Balaban J connectivity index is 1.45. The molecule has 2 aromatic rings. The van der Waals surface area contributed by atoms with Crippen LogP contribution in [0, 0.1) is 5.92 Å². The summed E-state index contributed by atoms with van der Waals surface area (Å²) in [5.74, 6) is -1.50. The monoisotopic (exact) mass is 432 g/mol. The van der Waals surface area contributed by atoms with E-state index in [1.165, 1.54) is 6.92 Å². The van der Waals surface area contributed by atoms with Crippen molar-refractivity contribution in [1.29, 1.82) is 0 Å². The number of benzene rings is 1. The molecule has 0 radical (unpaired) electrons. The summed E-state index contributed by atoms with van der Waals surface area (Å²) < 4.78 is 32.4. The van der Waals surface area contributed by atoms with Crippen LogP contribution in [0.3, 0.4) is 0 Å². The summed E-state index contributed by atoms with van der Waals surface area (Å²) >= 11 is 0. The molecule has 1 aromatic carbocycles. The molecule has 0 aliphatic carbocycles. The van der Waals surface area contributed by atoms with E-state index in [-0.39, 0.29) is 11.4 Å². The quantitative estimate of drug-likeness (QED) is 0.674. The Kier molecular flexibility index (Phi) is 6.19. The highest BCUT2D eigenvalue weighted by Crippen LogP contribution is 2.37. The zero-order chi connectivity index (χ0) is 22.0. The van der Waals surface area contributed by atoms with Crippen LogP contribution in [0.4, 0.5) is 9.28 Å². The number of cyclic esters (lactones) is 1. The summed E-state index contributed by atoms with van der Waals surface area (Å²) in [6.45, 7) is 2.63. The number of hydrogen-bond acceptors (Lipinski definition) is 6. The number of carbonyl (C=O) groups is 2. The fourth-order valence-corrected chi connectivity index (χ4v) is 3.76.